The monoisotopic (exact) mass is 315 g/mol. The minimum absolute atomic E-state index is 0.133. The van der Waals surface area contributed by atoms with Gasteiger partial charge in [-0.05, 0) is 29.7 Å². The first-order chi connectivity index (χ1) is 10.1. The Bertz CT molecular complexity index is 743. The lowest BCUT2D eigenvalue weighted by Crippen LogP contribution is -2.29. The summed E-state index contributed by atoms with van der Waals surface area (Å²) in [5.41, 5.74) is 2.58. The molecule has 3 rings (SSSR count). The maximum atomic E-state index is 12.7. The number of rotatable bonds is 3. The number of benzene rings is 2. The second-order valence-corrected chi connectivity index (χ2v) is 5.87. The molecule has 0 amide bonds. The molecule has 0 saturated carbocycles. The molecule has 0 fully saturated rings. The first-order valence-corrected chi connectivity index (χ1v) is 7.34. The van der Waals surface area contributed by atoms with E-state index in [1.54, 1.807) is 18.2 Å². The van der Waals surface area contributed by atoms with Gasteiger partial charge in [0.25, 0.3) is 0 Å². The Kier molecular flexibility index (Phi) is 3.71. The van der Waals surface area contributed by atoms with E-state index in [1.807, 2.05) is 24.3 Å². The Morgan fingerprint density at radius 3 is 2.43 bits per heavy atom. The average molecular weight is 316 g/mol. The van der Waals surface area contributed by atoms with E-state index in [1.165, 1.54) is 0 Å². The van der Waals surface area contributed by atoms with E-state index in [9.17, 15) is 10.1 Å². The number of carbonyl (C=O) groups excluding carboxylic acids is 1. The van der Waals surface area contributed by atoms with E-state index >= 15 is 0 Å². The van der Waals surface area contributed by atoms with Gasteiger partial charge in [0.1, 0.15) is 5.92 Å². The SMILES string of the molecule is N#CC(C(=O)C1Cc2ccccc21)c1c(Cl)cccc1Cl. The van der Waals surface area contributed by atoms with Crippen LogP contribution in [0.1, 0.15) is 28.5 Å². The van der Waals surface area contributed by atoms with Crippen LogP contribution in [-0.4, -0.2) is 5.78 Å². The number of nitrogens with zero attached hydrogens (tertiary/aromatic N) is 1. The number of hydrogen-bond donors (Lipinski definition) is 0. The molecule has 0 N–H and O–H groups in total. The van der Waals surface area contributed by atoms with Gasteiger partial charge >= 0.3 is 0 Å². The molecule has 21 heavy (non-hydrogen) atoms. The Balaban J connectivity index is 1.96. The lowest BCUT2D eigenvalue weighted by molar-refractivity contribution is -0.121. The van der Waals surface area contributed by atoms with Crippen molar-refractivity contribution in [3.63, 3.8) is 0 Å². The van der Waals surface area contributed by atoms with Crippen LogP contribution in [0.15, 0.2) is 42.5 Å². The van der Waals surface area contributed by atoms with E-state index in [0.29, 0.717) is 22.0 Å². The van der Waals surface area contributed by atoms with E-state index in [-0.39, 0.29) is 11.7 Å². The van der Waals surface area contributed by atoms with E-state index in [2.05, 4.69) is 6.07 Å². The summed E-state index contributed by atoms with van der Waals surface area (Å²) in [7, 11) is 0. The molecule has 0 radical (unpaired) electrons. The molecule has 0 bridgehead atoms. The van der Waals surface area contributed by atoms with Crippen molar-refractivity contribution in [1.82, 2.24) is 0 Å². The van der Waals surface area contributed by atoms with Crippen LogP contribution in [0.25, 0.3) is 0 Å². The van der Waals surface area contributed by atoms with Crippen molar-refractivity contribution in [2.75, 3.05) is 0 Å². The van der Waals surface area contributed by atoms with Crippen LogP contribution >= 0.6 is 23.2 Å². The molecule has 0 aromatic heterocycles. The highest BCUT2D eigenvalue weighted by Gasteiger charge is 2.37. The highest BCUT2D eigenvalue weighted by Crippen LogP contribution is 2.41. The number of nitriles is 1. The fourth-order valence-corrected chi connectivity index (χ4v) is 3.39. The first-order valence-electron chi connectivity index (χ1n) is 6.58. The van der Waals surface area contributed by atoms with Crippen molar-refractivity contribution in [3.05, 3.63) is 69.2 Å². The molecule has 2 unspecified atom stereocenters. The van der Waals surface area contributed by atoms with Crippen LogP contribution in [0.5, 0.6) is 0 Å². The summed E-state index contributed by atoms with van der Waals surface area (Å²) in [5, 5.41) is 10.1. The van der Waals surface area contributed by atoms with E-state index in [4.69, 9.17) is 23.2 Å². The van der Waals surface area contributed by atoms with Crippen molar-refractivity contribution < 1.29 is 4.79 Å². The molecule has 2 nitrogen and oxygen atoms in total. The Morgan fingerprint density at radius 2 is 1.81 bits per heavy atom. The summed E-state index contributed by atoms with van der Waals surface area (Å²) in [6, 6.07) is 14.9. The molecule has 104 valence electrons. The Labute approximate surface area is 132 Å². The van der Waals surface area contributed by atoms with Crippen molar-refractivity contribution in [2.45, 2.75) is 18.3 Å². The van der Waals surface area contributed by atoms with Crippen molar-refractivity contribution in [3.8, 4) is 6.07 Å². The third-order valence-electron chi connectivity index (χ3n) is 3.90. The molecule has 2 atom stereocenters. The van der Waals surface area contributed by atoms with Crippen LogP contribution in [0.3, 0.4) is 0 Å². The van der Waals surface area contributed by atoms with Crippen molar-refractivity contribution >= 4 is 29.0 Å². The largest absolute Gasteiger partial charge is 0.297 e. The summed E-state index contributed by atoms with van der Waals surface area (Å²) in [4.78, 5) is 12.7. The molecular weight excluding hydrogens is 305 g/mol. The first kappa shape index (κ1) is 14.1. The van der Waals surface area contributed by atoms with Gasteiger partial charge in [0.05, 0.1) is 6.07 Å². The molecule has 0 saturated heterocycles. The fraction of sp³-hybridized carbons (Fsp3) is 0.176. The molecular formula is C17H11Cl2NO. The van der Waals surface area contributed by atoms with Gasteiger partial charge in [-0.15, -0.1) is 0 Å². The fourth-order valence-electron chi connectivity index (χ4n) is 2.77. The van der Waals surface area contributed by atoms with E-state index in [0.717, 1.165) is 11.1 Å². The van der Waals surface area contributed by atoms with Crippen LogP contribution < -0.4 is 0 Å². The number of carbonyl (C=O) groups is 1. The Hall–Kier alpha value is -1.82. The maximum Gasteiger partial charge on any atom is 0.162 e. The van der Waals surface area contributed by atoms with Gasteiger partial charge in [-0.1, -0.05) is 53.5 Å². The highest BCUT2D eigenvalue weighted by molar-refractivity contribution is 6.36. The molecule has 1 aliphatic carbocycles. The quantitative estimate of drug-likeness (QED) is 0.836. The lowest BCUT2D eigenvalue weighted by Gasteiger charge is -2.30. The topological polar surface area (TPSA) is 40.9 Å². The van der Waals surface area contributed by atoms with Gasteiger partial charge in [-0.3, -0.25) is 4.79 Å². The predicted molar refractivity (Wildman–Crippen MR) is 82.7 cm³/mol. The number of Topliss-reactive ketones (excluding diaryl/α,β-unsaturated/α-hetero) is 1. The summed E-state index contributed by atoms with van der Waals surface area (Å²) in [6.45, 7) is 0. The van der Waals surface area contributed by atoms with Gasteiger partial charge in [0.15, 0.2) is 5.78 Å². The number of ketones is 1. The summed E-state index contributed by atoms with van der Waals surface area (Å²) >= 11 is 12.3. The van der Waals surface area contributed by atoms with Gasteiger partial charge in [-0.2, -0.15) is 5.26 Å². The van der Waals surface area contributed by atoms with Gasteiger partial charge in [0, 0.05) is 21.5 Å². The summed E-state index contributed by atoms with van der Waals surface area (Å²) < 4.78 is 0. The number of fused-ring (bicyclic) bond motifs is 1. The normalized spacial score (nSPS) is 17.3. The zero-order chi connectivity index (χ0) is 15.0. The minimum atomic E-state index is -0.926. The second kappa shape index (κ2) is 5.52. The highest BCUT2D eigenvalue weighted by atomic mass is 35.5. The lowest BCUT2D eigenvalue weighted by atomic mass is 9.71. The standard InChI is InChI=1S/C17H11Cl2NO/c18-14-6-3-7-15(19)16(14)13(9-20)17(21)12-8-10-4-1-2-5-11(10)12/h1-7,12-13H,8H2. The van der Waals surface area contributed by atoms with Crippen molar-refractivity contribution in [2.24, 2.45) is 0 Å². The van der Waals surface area contributed by atoms with E-state index < -0.39 is 5.92 Å². The minimum Gasteiger partial charge on any atom is -0.297 e. The maximum absolute atomic E-state index is 12.7. The molecule has 0 spiro atoms. The van der Waals surface area contributed by atoms with Crippen LogP contribution in [0, 0.1) is 11.3 Å². The summed E-state index contributed by atoms with van der Waals surface area (Å²) in [6.07, 6.45) is 0.676. The third kappa shape index (κ3) is 2.33. The molecule has 2 aromatic carbocycles. The second-order valence-electron chi connectivity index (χ2n) is 5.06. The Morgan fingerprint density at radius 1 is 1.14 bits per heavy atom. The van der Waals surface area contributed by atoms with Gasteiger partial charge in [0.2, 0.25) is 0 Å². The van der Waals surface area contributed by atoms with Crippen LogP contribution in [0.4, 0.5) is 0 Å². The number of hydrogen-bond acceptors (Lipinski definition) is 2. The smallest absolute Gasteiger partial charge is 0.162 e. The predicted octanol–water partition coefficient (Wildman–Crippen LogP) is 4.51. The van der Waals surface area contributed by atoms with Crippen LogP contribution in [0.2, 0.25) is 10.0 Å². The molecule has 2 aromatic rings. The average Bonchev–Trinajstić information content (AvgIpc) is 2.44. The molecule has 1 aliphatic rings. The number of halogens is 2. The molecule has 0 heterocycles. The van der Waals surface area contributed by atoms with Gasteiger partial charge in [-0.25, -0.2) is 0 Å². The van der Waals surface area contributed by atoms with Crippen molar-refractivity contribution in [1.29, 1.82) is 5.26 Å². The molecule has 0 aliphatic heterocycles. The zero-order valence-electron chi connectivity index (χ0n) is 11.0. The summed E-state index contributed by atoms with van der Waals surface area (Å²) in [5.74, 6) is -1.30. The zero-order valence-corrected chi connectivity index (χ0v) is 12.5. The van der Waals surface area contributed by atoms with Gasteiger partial charge < -0.3 is 0 Å². The molecule has 4 heteroatoms. The van der Waals surface area contributed by atoms with Crippen LogP contribution in [-0.2, 0) is 11.2 Å². The third-order valence-corrected chi connectivity index (χ3v) is 4.56.